The molecule has 0 aliphatic rings. The first kappa shape index (κ1) is 19.6. The van der Waals surface area contributed by atoms with Gasteiger partial charge >= 0.3 is 0 Å². The number of hydrogen-bond acceptors (Lipinski definition) is 4. The Balaban J connectivity index is 0.00000225. The number of hydrogen-bond donors (Lipinski definition) is 1. The van der Waals surface area contributed by atoms with Crippen LogP contribution in [0.4, 0.5) is 0 Å². The summed E-state index contributed by atoms with van der Waals surface area (Å²) >= 11 is 6.09. The van der Waals surface area contributed by atoms with Gasteiger partial charge < -0.3 is 0 Å². The van der Waals surface area contributed by atoms with Gasteiger partial charge in [-0.05, 0) is 42.8 Å². The van der Waals surface area contributed by atoms with Crippen LogP contribution in [0.2, 0.25) is 5.02 Å². The Morgan fingerprint density at radius 1 is 0.960 bits per heavy atom. The third kappa shape index (κ3) is 4.48. The molecule has 1 aromatic carbocycles. The zero-order valence-corrected chi connectivity index (χ0v) is 16.2. The van der Waals surface area contributed by atoms with E-state index in [4.69, 9.17) is 16.7 Å². The van der Waals surface area contributed by atoms with Crippen LogP contribution in [0, 0.1) is 6.92 Å². The minimum Gasteiger partial charge on any atom is -0.261 e. The predicted molar refractivity (Wildman–Crippen MR) is 94.0 cm³/mol. The number of halogens is 1. The Kier molecular flexibility index (Phi) is 6.03. The van der Waals surface area contributed by atoms with E-state index >= 15 is 0 Å². The van der Waals surface area contributed by atoms with Crippen LogP contribution in [0.25, 0.3) is 22.4 Å². The van der Waals surface area contributed by atoms with Crippen molar-refractivity contribution in [2.24, 2.45) is 5.14 Å². The summed E-state index contributed by atoms with van der Waals surface area (Å²) in [6.07, 6.45) is 3.31. The topological polar surface area (TPSA) is 85.9 Å². The summed E-state index contributed by atoms with van der Waals surface area (Å²) in [7, 11) is -3.73. The molecule has 25 heavy (non-hydrogen) atoms. The fraction of sp³-hybridized carbons (Fsp3) is 0.0588. The molecule has 0 amide bonds. The molecule has 0 aliphatic heterocycles. The quantitative estimate of drug-likeness (QED) is 0.717. The van der Waals surface area contributed by atoms with Gasteiger partial charge in [0, 0.05) is 47.8 Å². The molecule has 3 aromatic rings. The molecule has 127 valence electrons. The molecule has 0 saturated heterocycles. The molecule has 0 aliphatic carbocycles. The van der Waals surface area contributed by atoms with E-state index in [1.807, 2.05) is 19.1 Å². The molecule has 0 fully saturated rings. The third-order valence-corrected chi connectivity index (χ3v) is 4.67. The summed E-state index contributed by atoms with van der Waals surface area (Å²) in [5, 5.41) is 5.63. The van der Waals surface area contributed by atoms with E-state index in [1.54, 1.807) is 30.6 Å². The van der Waals surface area contributed by atoms with Gasteiger partial charge in [-0.15, -0.1) is 0 Å². The van der Waals surface area contributed by atoms with E-state index in [2.05, 4.69) is 9.97 Å². The number of nitrogens with two attached hydrogens (primary N) is 1. The summed E-state index contributed by atoms with van der Waals surface area (Å²) in [4.78, 5) is 8.76. The molecular formula is C17H14ClN3O2SV. The molecule has 8 heteroatoms. The predicted octanol–water partition coefficient (Wildman–Crippen LogP) is 3.42. The van der Waals surface area contributed by atoms with Crippen LogP contribution >= 0.6 is 11.6 Å². The number of aromatic nitrogens is 2. The maximum absolute atomic E-state index is 11.4. The minimum atomic E-state index is -3.73. The molecule has 0 saturated carbocycles. The number of pyridine rings is 2. The van der Waals surface area contributed by atoms with E-state index in [9.17, 15) is 8.42 Å². The Bertz CT molecular complexity index is 991. The van der Waals surface area contributed by atoms with Crippen molar-refractivity contribution >= 4 is 21.6 Å². The average Bonchev–Trinajstić information content (AvgIpc) is 2.55. The van der Waals surface area contributed by atoms with E-state index in [0.717, 1.165) is 28.1 Å². The summed E-state index contributed by atoms with van der Waals surface area (Å²) < 4.78 is 22.8. The Morgan fingerprint density at radius 2 is 1.60 bits per heavy atom. The molecule has 0 spiro atoms. The van der Waals surface area contributed by atoms with E-state index < -0.39 is 10.0 Å². The van der Waals surface area contributed by atoms with Gasteiger partial charge in [-0.1, -0.05) is 23.7 Å². The Morgan fingerprint density at radius 3 is 2.16 bits per heavy atom. The maximum atomic E-state index is 11.4. The number of aryl methyl sites for hydroxylation is 1. The molecule has 2 heterocycles. The fourth-order valence-corrected chi connectivity index (χ4v) is 2.99. The van der Waals surface area contributed by atoms with Crippen LogP contribution in [-0.2, 0) is 28.6 Å². The van der Waals surface area contributed by atoms with Crippen molar-refractivity contribution in [3.05, 3.63) is 65.6 Å². The van der Waals surface area contributed by atoms with Gasteiger partial charge in [-0.3, -0.25) is 9.97 Å². The number of primary sulfonamides is 1. The SMILES string of the molecule is Cc1ccc(-c2ncc(Cl)cc2-c2ccc(S(N)(=O)=O)cc2)cn1.[V]. The zero-order chi connectivity index (χ0) is 17.3. The van der Waals surface area contributed by atoms with Crippen molar-refractivity contribution < 1.29 is 27.0 Å². The Labute approximate surface area is 163 Å². The van der Waals surface area contributed by atoms with Gasteiger partial charge in [-0.25, -0.2) is 13.6 Å². The zero-order valence-electron chi connectivity index (χ0n) is 13.2. The molecule has 2 aromatic heterocycles. The van der Waals surface area contributed by atoms with Gasteiger partial charge in [0.1, 0.15) is 0 Å². The van der Waals surface area contributed by atoms with E-state index in [-0.39, 0.29) is 23.5 Å². The smallest absolute Gasteiger partial charge is 0.238 e. The molecule has 0 atom stereocenters. The second-order valence-corrected chi connectivity index (χ2v) is 7.31. The van der Waals surface area contributed by atoms with Crippen LogP contribution < -0.4 is 5.14 Å². The largest absolute Gasteiger partial charge is 0.261 e. The van der Waals surface area contributed by atoms with Crippen LogP contribution in [0.5, 0.6) is 0 Å². The number of rotatable bonds is 3. The molecule has 2 N–H and O–H groups in total. The average molecular weight is 411 g/mol. The molecule has 3 rings (SSSR count). The van der Waals surface area contributed by atoms with Gasteiger partial charge in [0.05, 0.1) is 15.6 Å². The van der Waals surface area contributed by atoms with Gasteiger partial charge in [0.15, 0.2) is 0 Å². The van der Waals surface area contributed by atoms with Gasteiger partial charge in [0.2, 0.25) is 10.0 Å². The second kappa shape index (κ2) is 7.68. The molecule has 0 bridgehead atoms. The standard InChI is InChI=1S/C17H14ClN3O2S.V/c1-11-2-3-13(9-20-11)17-16(8-14(18)10-21-17)12-4-6-15(7-5-12)24(19,22)23;/h2-10H,1H3,(H2,19,22,23);. The molecule has 5 nitrogen and oxygen atoms in total. The van der Waals surface area contributed by atoms with Gasteiger partial charge in [-0.2, -0.15) is 0 Å². The first-order valence-electron chi connectivity index (χ1n) is 7.06. The van der Waals surface area contributed by atoms with Crippen LogP contribution in [0.1, 0.15) is 5.69 Å². The molecule has 0 unspecified atom stereocenters. The summed E-state index contributed by atoms with van der Waals surface area (Å²) in [5.41, 5.74) is 4.05. The van der Waals surface area contributed by atoms with Crippen molar-refractivity contribution in [2.75, 3.05) is 0 Å². The summed E-state index contributed by atoms with van der Waals surface area (Å²) in [5.74, 6) is 0. The maximum Gasteiger partial charge on any atom is 0.238 e. The number of sulfonamides is 1. The summed E-state index contributed by atoms with van der Waals surface area (Å²) in [6.45, 7) is 1.91. The third-order valence-electron chi connectivity index (χ3n) is 3.53. The second-order valence-electron chi connectivity index (χ2n) is 5.31. The van der Waals surface area contributed by atoms with Crippen LogP contribution in [-0.4, -0.2) is 18.4 Å². The Hall–Kier alpha value is -1.70. The fourth-order valence-electron chi connectivity index (χ4n) is 2.32. The van der Waals surface area contributed by atoms with Crippen molar-refractivity contribution in [1.82, 2.24) is 9.97 Å². The van der Waals surface area contributed by atoms with Crippen LogP contribution in [0.15, 0.2) is 59.8 Å². The van der Waals surface area contributed by atoms with E-state index in [1.165, 1.54) is 12.1 Å². The first-order valence-corrected chi connectivity index (χ1v) is 8.99. The van der Waals surface area contributed by atoms with Gasteiger partial charge in [0.25, 0.3) is 0 Å². The normalized spacial score (nSPS) is 11.0. The molecular weight excluding hydrogens is 397 g/mol. The number of benzene rings is 1. The van der Waals surface area contributed by atoms with E-state index in [0.29, 0.717) is 5.02 Å². The summed E-state index contributed by atoms with van der Waals surface area (Å²) in [6, 6.07) is 11.9. The first-order chi connectivity index (χ1) is 11.3. The van der Waals surface area contributed by atoms with Crippen LogP contribution in [0.3, 0.4) is 0 Å². The van der Waals surface area contributed by atoms with Crippen molar-refractivity contribution in [2.45, 2.75) is 11.8 Å². The minimum absolute atomic E-state index is 0. The molecule has 1 radical (unpaired) electrons. The number of nitrogens with zero attached hydrogens (tertiary/aromatic N) is 2. The van der Waals surface area contributed by atoms with Crippen molar-refractivity contribution in [1.29, 1.82) is 0 Å². The monoisotopic (exact) mass is 410 g/mol. The van der Waals surface area contributed by atoms with Crippen molar-refractivity contribution in [3.8, 4) is 22.4 Å². The van der Waals surface area contributed by atoms with Crippen molar-refractivity contribution in [3.63, 3.8) is 0 Å².